The maximum absolute atomic E-state index is 12.4. The van der Waals surface area contributed by atoms with E-state index in [-0.39, 0.29) is 11.8 Å². The molecular weight excluding hydrogens is 350 g/mol. The lowest BCUT2D eigenvalue weighted by molar-refractivity contribution is -0.121. The van der Waals surface area contributed by atoms with Gasteiger partial charge >= 0.3 is 0 Å². The lowest BCUT2D eigenvalue weighted by atomic mass is 9.90. The Morgan fingerprint density at radius 1 is 1.35 bits per heavy atom. The first-order chi connectivity index (χ1) is 12.3. The Labute approximate surface area is 157 Å². The van der Waals surface area contributed by atoms with Gasteiger partial charge in [0.25, 0.3) is 0 Å². The van der Waals surface area contributed by atoms with Crippen LogP contribution in [0.15, 0.2) is 29.4 Å². The summed E-state index contributed by atoms with van der Waals surface area (Å²) >= 11 is 1.24. The first kappa shape index (κ1) is 19.8. The number of ether oxygens (including phenoxy) is 1. The molecule has 7 nitrogen and oxygen atoms in total. The first-order valence-electron chi connectivity index (χ1n) is 8.26. The summed E-state index contributed by atoms with van der Waals surface area (Å²) < 4.78 is 5.14. The van der Waals surface area contributed by atoms with Crippen molar-refractivity contribution < 1.29 is 9.53 Å². The SMILES string of the molecule is COc1ccc(-c2nc(SC(C)C(=O)NC(C)(C#N)C(C)C)n[nH]2)cc1. The molecule has 2 atom stereocenters. The monoisotopic (exact) mass is 373 g/mol. The third-order valence-electron chi connectivity index (χ3n) is 4.25. The van der Waals surface area contributed by atoms with Crippen LogP contribution in [0.25, 0.3) is 11.4 Å². The summed E-state index contributed by atoms with van der Waals surface area (Å²) in [5.74, 6) is 1.16. The number of methoxy groups -OCH3 is 1. The van der Waals surface area contributed by atoms with Gasteiger partial charge < -0.3 is 10.1 Å². The number of rotatable bonds is 7. The molecular formula is C18H23N5O2S. The number of carbonyl (C=O) groups is 1. The van der Waals surface area contributed by atoms with Crippen LogP contribution in [0.5, 0.6) is 5.75 Å². The van der Waals surface area contributed by atoms with E-state index in [4.69, 9.17) is 4.74 Å². The van der Waals surface area contributed by atoms with Crippen molar-refractivity contribution in [3.05, 3.63) is 24.3 Å². The Kier molecular flexibility index (Phi) is 6.27. The van der Waals surface area contributed by atoms with Crippen LogP contribution in [0.3, 0.4) is 0 Å². The topological polar surface area (TPSA) is 104 Å². The highest BCUT2D eigenvalue weighted by Gasteiger charge is 2.32. The average molecular weight is 373 g/mol. The van der Waals surface area contributed by atoms with Gasteiger partial charge in [0.05, 0.1) is 18.4 Å². The third-order valence-corrected chi connectivity index (χ3v) is 5.21. The Hall–Kier alpha value is -2.53. The molecule has 1 amide bonds. The van der Waals surface area contributed by atoms with Crippen LogP contribution in [-0.4, -0.2) is 39.0 Å². The predicted octanol–water partition coefficient (Wildman–Crippen LogP) is 3.02. The van der Waals surface area contributed by atoms with Gasteiger partial charge in [0, 0.05) is 5.56 Å². The van der Waals surface area contributed by atoms with Gasteiger partial charge in [-0.2, -0.15) is 5.26 Å². The number of H-pyrrole nitrogens is 1. The Bertz CT molecular complexity index is 797. The fourth-order valence-electron chi connectivity index (χ4n) is 2.05. The van der Waals surface area contributed by atoms with Gasteiger partial charge in [-0.3, -0.25) is 9.89 Å². The summed E-state index contributed by atoms with van der Waals surface area (Å²) in [5, 5.41) is 19.2. The number of nitrogens with zero attached hydrogens (tertiary/aromatic N) is 3. The minimum Gasteiger partial charge on any atom is -0.497 e. The van der Waals surface area contributed by atoms with E-state index in [0.29, 0.717) is 11.0 Å². The molecule has 1 aromatic carbocycles. The van der Waals surface area contributed by atoms with E-state index in [9.17, 15) is 10.1 Å². The highest BCUT2D eigenvalue weighted by atomic mass is 32.2. The molecule has 2 aromatic rings. The van der Waals surface area contributed by atoms with E-state index in [2.05, 4.69) is 26.6 Å². The van der Waals surface area contributed by atoms with Crippen LogP contribution in [0.1, 0.15) is 27.7 Å². The van der Waals surface area contributed by atoms with E-state index in [1.54, 1.807) is 21.0 Å². The number of carbonyl (C=O) groups excluding carboxylic acids is 1. The van der Waals surface area contributed by atoms with Crippen molar-refractivity contribution in [2.24, 2.45) is 5.92 Å². The molecule has 0 saturated heterocycles. The number of benzene rings is 1. The second kappa shape index (κ2) is 8.23. The van der Waals surface area contributed by atoms with Gasteiger partial charge in [-0.1, -0.05) is 25.6 Å². The molecule has 0 fully saturated rings. The van der Waals surface area contributed by atoms with Crippen LogP contribution < -0.4 is 10.1 Å². The normalized spacial score (nSPS) is 14.3. The van der Waals surface area contributed by atoms with E-state index in [1.807, 2.05) is 38.1 Å². The maximum Gasteiger partial charge on any atom is 0.234 e. The van der Waals surface area contributed by atoms with Gasteiger partial charge in [0.2, 0.25) is 11.1 Å². The van der Waals surface area contributed by atoms with Crippen molar-refractivity contribution >= 4 is 17.7 Å². The number of hydrogen-bond donors (Lipinski definition) is 2. The largest absolute Gasteiger partial charge is 0.497 e. The molecule has 0 aliphatic rings. The molecule has 2 N–H and O–H groups in total. The number of nitrogens with one attached hydrogen (secondary N) is 2. The van der Waals surface area contributed by atoms with E-state index >= 15 is 0 Å². The highest BCUT2D eigenvalue weighted by molar-refractivity contribution is 8.00. The fraction of sp³-hybridized carbons (Fsp3) is 0.444. The smallest absolute Gasteiger partial charge is 0.234 e. The quantitative estimate of drug-likeness (QED) is 0.723. The summed E-state index contributed by atoms with van der Waals surface area (Å²) in [6, 6.07) is 9.62. The van der Waals surface area contributed by atoms with Gasteiger partial charge in [-0.05, 0) is 44.0 Å². The molecule has 138 valence electrons. The van der Waals surface area contributed by atoms with Crippen LogP contribution in [0.2, 0.25) is 0 Å². The molecule has 0 aliphatic carbocycles. The third kappa shape index (κ3) is 4.55. The van der Waals surface area contributed by atoms with Crippen molar-refractivity contribution in [3.8, 4) is 23.2 Å². The number of aromatic amines is 1. The lowest BCUT2D eigenvalue weighted by Gasteiger charge is -2.28. The van der Waals surface area contributed by atoms with Crippen molar-refractivity contribution in [2.75, 3.05) is 7.11 Å². The molecule has 2 unspecified atom stereocenters. The summed E-state index contributed by atoms with van der Waals surface area (Å²) in [6.45, 7) is 7.29. The molecule has 0 radical (unpaired) electrons. The molecule has 0 spiro atoms. The predicted molar refractivity (Wildman–Crippen MR) is 101 cm³/mol. The second-order valence-electron chi connectivity index (χ2n) is 6.41. The van der Waals surface area contributed by atoms with Crippen molar-refractivity contribution in [3.63, 3.8) is 0 Å². The van der Waals surface area contributed by atoms with Crippen molar-refractivity contribution in [2.45, 2.75) is 43.6 Å². The molecule has 0 aliphatic heterocycles. The number of thioether (sulfide) groups is 1. The molecule has 8 heteroatoms. The molecule has 26 heavy (non-hydrogen) atoms. The lowest BCUT2D eigenvalue weighted by Crippen LogP contribution is -2.51. The van der Waals surface area contributed by atoms with Crippen LogP contribution in [-0.2, 0) is 4.79 Å². The van der Waals surface area contributed by atoms with Gasteiger partial charge in [-0.25, -0.2) is 4.98 Å². The standard InChI is InChI=1S/C18H23N5O2S/c1-11(2)18(4,10-19)21-16(24)12(3)26-17-20-15(22-23-17)13-6-8-14(25-5)9-7-13/h6-9,11-12H,1-5H3,(H,21,24)(H,20,22,23). The van der Waals surface area contributed by atoms with Gasteiger partial charge in [-0.15, -0.1) is 5.10 Å². The van der Waals surface area contributed by atoms with E-state index < -0.39 is 10.8 Å². The summed E-state index contributed by atoms with van der Waals surface area (Å²) in [7, 11) is 1.61. The Morgan fingerprint density at radius 3 is 2.54 bits per heavy atom. The van der Waals surface area contributed by atoms with Gasteiger partial charge in [0.15, 0.2) is 5.82 Å². The summed E-state index contributed by atoms with van der Waals surface area (Å²) in [6.07, 6.45) is 0. The average Bonchev–Trinajstić information content (AvgIpc) is 3.09. The molecule has 1 aromatic heterocycles. The zero-order valence-electron chi connectivity index (χ0n) is 15.5. The number of amides is 1. The Balaban J connectivity index is 2.03. The van der Waals surface area contributed by atoms with Crippen molar-refractivity contribution in [1.29, 1.82) is 5.26 Å². The van der Waals surface area contributed by atoms with Crippen molar-refractivity contribution in [1.82, 2.24) is 20.5 Å². The minimum absolute atomic E-state index is 0.00108. The van der Waals surface area contributed by atoms with Crippen LogP contribution in [0, 0.1) is 17.2 Å². The molecule has 0 saturated carbocycles. The highest BCUT2D eigenvalue weighted by Crippen LogP contribution is 2.25. The van der Waals surface area contributed by atoms with E-state index in [0.717, 1.165) is 11.3 Å². The first-order valence-corrected chi connectivity index (χ1v) is 9.13. The zero-order chi connectivity index (χ0) is 19.3. The zero-order valence-corrected chi connectivity index (χ0v) is 16.3. The number of nitriles is 1. The number of aromatic nitrogens is 3. The Morgan fingerprint density at radius 2 is 2.00 bits per heavy atom. The van der Waals surface area contributed by atoms with Gasteiger partial charge in [0.1, 0.15) is 11.3 Å². The second-order valence-corrected chi connectivity index (χ2v) is 7.72. The van der Waals surface area contributed by atoms with Crippen LogP contribution >= 0.6 is 11.8 Å². The van der Waals surface area contributed by atoms with E-state index in [1.165, 1.54) is 11.8 Å². The maximum atomic E-state index is 12.4. The summed E-state index contributed by atoms with van der Waals surface area (Å²) in [4.78, 5) is 16.8. The molecule has 0 bridgehead atoms. The molecule has 2 rings (SSSR count). The fourth-order valence-corrected chi connectivity index (χ4v) is 2.77. The number of hydrogen-bond acceptors (Lipinski definition) is 6. The van der Waals surface area contributed by atoms with Crippen LogP contribution in [0.4, 0.5) is 0 Å². The molecule has 1 heterocycles. The summed E-state index contributed by atoms with van der Waals surface area (Å²) in [5.41, 5.74) is -0.0294. The minimum atomic E-state index is -0.904.